The second-order valence-corrected chi connectivity index (χ2v) is 8.46. The van der Waals surface area contributed by atoms with Gasteiger partial charge in [-0.05, 0) is 22.6 Å². The molecular formula is C29H29N3O2. The lowest BCUT2D eigenvalue weighted by Gasteiger charge is -2.35. The fourth-order valence-electron chi connectivity index (χ4n) is 4.45. The Hall–Kier alpha value is -3.88. The lowest BCUT2D eigenvalue weighted by Crippen LogP contribution is -2.52. The van der Waals surface area contributed by atoms with Gasteiger partial charge < -0.3 is 15.1 Å². The quantitative estimate of drug-likeness (QED) is 0.560. The minimum Gasteiger partial charge on any atom is -0.338 e. The molecule has 0 bridgehead atoms. The molecule has 2 amide bonds. The van der Waals surface area contributed by atoms with E-state index < -0.39 is 5.91 Å². The SMILES string of the molecule is C#CC(=O)N(CC(=O)N1CCNC(c2ccccc2)C1)CC(c1ccccc1)c1ccccc1. The Bertz CT molecular complexity index is 1090. The summed E-state index contributed by atoms with van der Waals surface area (Å²) in [7, 11) is 0. The molecule has 0 aromatic heterocycles. The summed E-state index contributed by atoms with van der Waals surface area (Å²) in [4.78, 5) is 29.3. The molecule has 1 aliphatic heterocycles. The second kappa shape index (κ2) is 11.3. The first-order chi connectivity index (χ1) is 16.7. The Kier molecular flexibility index (Phi) is 7.75. The summed E-state index contributed by atoms with van der Waals surface area (Å²) in [6.45, 7) is 2.14. The lowest BCUT2D eigenvalue weighted by molar-refractivity contribution is -0.138. The van der Waals surface area contributed by atoms with Crippen LogP contribution in [0.1, 0.15) is 28.7 Å². The molecule has 0 aliphatic carbocycles. The van der Waals surface area contributed by atoms with E-state index in [0.29, 0.717) is 26.2 Å². The van der Waals surface area contributed by atoms with Crippen molar-refractivity contribution in [1.29, 1.82) is 0 Å². The molecule has 3 aromatic rings. The third kappa shape index (κ3) is 5.72. The molecule has 1 aliphatic rings. The van der Waals surface area contributed by atoms with Crippen molar-refractivity contribution in [2.24, 2.45) is 0 Å². The number of rotatable bonds is 7. The largest absolute Gasteiger partial charge is 0.338 e. The molecule has 0 radical (unpaired) electrons. The van der Waals surface area contributed by atoms with Crippen LogP contribution in [0.25, 0.3) is 0 Å². The molecule has 0 spiro atoms. The smallest absolute Gasteiger partial charge is 0.298 e. The van der Waals surface area contributed by atoms with Crippen LogP contribution in [0.2, 0.25) is 0 Å². The van der Waals surface area contributed by atoms with Crippen LogP contribution in [-0.4, -0.2) is 54.3 Å². The average Bonchev–Trinajstić information content (AvgIpc) is 2.92. The lowest BCUT2D eigenvalue weighted by atomic mass is 9.90. The van der Waals surface area contributed by atoms with Crippen molar-refractivity contribution in [3.05, 3.63) is 108 Å². The number of benzene rings is 3. The molecule has 1 unspecified atom stereocenters. The number of hydrogen-bond donors (Lipinski definition) is 1. The van der Waals surface area contributed by atoms with Gasteiger partial charge in [0.15, 0.2) is 0 Å². The summed E-state index contributed by atoms with van der Waals surface area (Å²) in [5.74, 6) is 1.57. The van der Waals surface area contributed by atoms with Crippen molar-refractivity contribution in [3.63, 3.8) is 0 Å². The zero-order valence-electron chi connectivity index (χ0n) is 19.1. The number of carbonyl (C=O) groups is 2. The van der Waals surface area contributed by atoms with E-state index in [4.69, 9.17) is 6.42 Å². The summed E-state index contributed by atoms with van der Waals surface area (Å²) in [5, 5.41) is 3.48. The van der Waals surface area contributed by atoms with Gasteiger partial charge in [-0.1, -0.05) is 91.0 Å². The maximum absolute atomic E-state index is 13.3. The van der Waals surface area contributed by atoms with E-state index in [-0.39, 0.29) is 24.4 Å². The molecule has 5 heteroatoms. The molecule has 34 heavy (non-hydrogen) atoms. The van der Waals surface area contributed by atoms with Crippen LogP contribution >= 0.6 is 0 Å². The van der Waals surface area contributed by atoms with Crippen molar-refractivity contribution in [2.75, 3.05) is 32.7 Å². The van der Waals surface area contributed by atoms with Crippen LogP contribution in [0.3, 0.4) is 0 Å². The highest BCUT2D eigenvalue weighted by atomic mass is 16.2. The van der Waals surface area contributed by atoms with Gasteiger partial charge in [0.25, 0.3) is 5.91 Å². The Balaban J connectivity index is 1.52. The van der Waals surface area contributed by atoms with Crippen molar-refractivity contribution < 1.29 is 9.59 Å². The Morgan fingerprint density at radius 3 is 2.06 bits per heavy atom. The van der Waals surface area contributed by atoms with E-state index in [0.717, 1.165) is 16.7 Å². The zero-order valence-corrected chi connectivity index (χ0v) is 19.1. The molecule has 4 rings (SSSR count). The summed E-state index contributed by atoms with van der Waals surface area (Å²) in [6.07, 6.45) is 5.50. The van der Waals surface area contributed by atoms with Gasteiger partial charge in [0.1, 0.15) is 6.54 Å². The first kappa shape index (κ1) is 23.3. The van der Waals surface area contributed by atoms with E-state index in [1.54, 1.807) is 0 Å². The predicted octanol–water partition coefficient (Wildman–Crippen LogP) is 3.45. The molecule has 1 saturated heterocycles. The normalized spacial score (nSPS) is 15.5. The van der Waals surface area contributed by atoms with Crippen molar-refractivity contribution in [1.82, 2.24) is 15.1 Å². The number of carbonyl (C=O) groups excluding carboxylic acids is 2. The van der Waals surface area contributed by atoms with Crippen LogP contribution in [0.5, 0.6) is 0 Å². The third-order valence-electron chi connectivity index (χ3n) is 6.27. The van der Waals surface area contributed by atoms with E-state index >= 15 is 0 Å². The molecule has 3 aromatic carbocycles. The van der Waals surface area contributed by atoms with Crippen LogP contribution in [0, 0.1) is 12.3 Å². The standard InChI is InChI=1S/C29H29N3O2/c1-2-28(33)32(20-26(23-12-6-3-7-13-23)24-14-8-4-9-15-24)22-29(34)31-19-18-30-27(21-31)25-16-10-5-11-17-25/h1,3-17,26-27,30H,18-22H2. The number of piperazine rings is 1. The molecule has 1 N–H and O–H groups in total. The molecule has 172 valence electrons. The molecule has 1 heterocycles. The summed E-state index contributed by atoms with van der Waals surface area (Å²) >= 11 is 0. The van der Waals surface area contributed by atoms with E-state index in [1.807, 2.05) is 83.8 Å². The highest BCUT2D eigenvalue weighted by molar-refractivity contribution is 5.95. The highest BCUT2D eigenvalue weighted by Gasteiger charge is 2.28. The topological polar surface area (TPSA) is 52.7 Å². The zero-order chi connectivity index (χ0) is 23.8. The first-order valence-corrected chi connectivity index (χ1v) is 11.6. The van der Waals surface area contributed by atoms with Crippen molar-refractivity contribution >= 4 is 11.8 Å². The van der Waals surface area contributed by atoms with Gasteiger partial charge in [-0.25, -0.2) is 0 Å². The van der Waals surface area contributed by atoms with Gasteiger partial charge in [-0.3, -0.25) is 9.59 Å². The minimum absolute atomic E-state index is 0.0410. The number of amides is 2. The summed E-state index contributed by atoms with van der Waals surface area (Å²) in [6, 6.07) is 30.2. The molecule has 0 saturated carbocycles. The van der Waals surface area contributed by atoms with Crippen LogP contribution in [0.4, 0.5) is 0 Å². The Morgan fingerprint density at radius 2 is 1.50 bits per heavy atom. The van der Waals surface area contributed by atoms with E-state index in [2.05, 4.69) is 23.4 Å². The number of nitrogens with one attached hydrogen (secondary N) is 1. The fourth-order valence-corrected chi connectivity index (χ4v) is 4.45. The Labute approximate surface area is 201 Å². The van der Waals surface area contributed by atoms with Gasteiger partial charge >= 0.3 is 0 Å². The number of nitrogens with zero attached hydrogens (tertiary/aromatic N) is 2. The van der Waals surface area contributed by atoms with Gasteiger partial charge in [0.2, 0.25) is 5.91 Å². The number of terminal acetylenes is 1. The maximum atomic E-state index is 13.3. The monoisotopic (exact) mass is 451 g/mol. The van der Waals surface area contributed by atoms with Crippen LogP contribution in [0.15, 0.2) is 91.0 Å². The first-order valence-electron chi connectivity index (χ1n) is 11.6. The molecule has 1 atom stereocenters. The van der Waals surface area contributed by atoms with Crippen LogP contribution in [-0.2, 0) is 9.59 Å². The minimum atomic E-state index is -0.472. The van der Waals surface area contributed by atoms with Gasteiger partial charge in [0.05, 0.1) is 0 Å². The highest BCUT2D eigenvalue weighted by Crippen LogP contribution is 2.26. The summed E-state index contributed by atoms with van der Waals surface area (Å²) < 4.78 is 0. The average molecular weight is 452 g/mol. The second-order valence-electron chi connectivity index (χ2n) is 8.46. The van der Waals surface area contributed by atoms with Crippen LogP contribution < -0.4 is 5.32 Å². The molecule has 1 fully saturated rings. The van der Waals surface area contributed by atoms with Crippen molar-refractivity contribution in [2.45, 2.75) is 12.0 Å². The van der Waals surface area contributed by atoms with Crippen molar-refractivity contribution in [3.8, 4) is 12.3 Å². The summed E-state index contributed by atoms with van der Waals surface area (Å²) in [5.41, 5.74) is 3.29. The maximum Gasteiger partial charge on any atom is 0.298 e. The third-order valence-corrected chi connectivity index (χ3v) is 6.27. The fraction of sp³-hybridized carbons (Fsp3) is 0.241. The Morgan fingerprint density at radius 1 is 0.941 bits per heavy atom. The van der Waals surface area contributed by atoms with Gasteiger partial charge in [-0.2, -0.15) is 0 Å². The van der Waals surface area contributed by atoms with Gasteiger partial charge in [-0.15, -0.1) is 6.42 Å². The number of hydrogen-bond acceptors (Lipinski definition) is 3. The van der Waals surface area contributed by atoms with E-state index in [9.17, 15) is 9.59 Å². The van der Waals surface area contributed by atoms with E-state index in [1.165, 1.54) is 4.90 Å². The predicted molar refractivity (Wildman–Crippen MR) is 134 cm³/mol. The van der Waals surface area contributed by atoms with Gasteiger partial charge in [0, 0.05) is 38.1 Å². The molecular weight excluding hydrogens is 422 g/mol. The molecule has 5 nitrogen and oxygen atoms in total.